The third-order valence-electron chi connectivity index (χ3n) is 4.53. The monoisotopic (exact) mass is 331 g/mol. The number of rotatable bonds is 3. The first kappa shape index (κ1) is 16.3. The highest BCUT2D eigenvalue weighted by atomic mass is 19.4. The van der Waals surface area contributed by atoms with Crippen LogP contribution in [0.3, 0.4) is 0 Å². The Morgan fingerprint density at radius 2 is 2.09 bits per heavy atom. The van der Waals surface area contributed by atoms with Crippen molar-refractivity contribution in [1.29, 1.82) is 0 Å². The number of carbonyl (C=O) groups is 1. The van der Waals surface area contributed by atoms with Crippen LogP contribution >= 0.6 is 0 Å². The molecule has 0 aliphatic carbocycles. The molecule has 0 N–H and O–H groups in total. The lowest BCUT2D eigenvalue weighted by Crippen LogP contribution is -2.50. The van der Waals surface area contributed by atoms with Gasteiger partial charge in [-0.15, -0.1) is 0 Å². The number of aromatic nitrogens is 1. The molecule has 0 unspecified atom stereocenters. The van der Waals surface area contributed by atoms with Gasteiger partial charge in [0.05, 0.1) is 25.3 Å². The average Bonchev–Trinajstić information content (AvgIpc) is 3.05. The van der Waals surface area contributed by atoms with Crippen LogP contribution in [0.2, 0.25) is 0 Å². The lowest BCUT2D eigenvalue weighted by Gasteiger charge is -2.39. The van der Waals surface area contributed by atoms with Crippen LogP contribution in [0.1, 0.15) is 18.2 Å². The summed E-state index contributed by atoms with van der Waals surface area (Å²) in [6.07, 6.45) is -2.02. The van der Waals surface area contributed by atoms with E-state index in [0.29, 0.717) is 26.2 Å². The van der Waals surface area contributed by atoms with Gasteiger partial charge >= 0.3 is 6.18 Å². The smallest absolute Gasteiger partial charge is 0.378 e. The summed E-state index contributed by atoms with van der Waals surface area (Å²) in [4.78, 5) is 15.3. The zero-order valence-electron chi connectivity index (χ0n) is 12.9. The highest BCUT2D eigenvalue weighted by Crippen LogP contribution is 2.31. The number of alkyl halides is 3. The zero-order chi connectivity index (χ0) is 16.6. The van der Waals surface area contributed by atoms with Crippen LogP contribution < -0.4 is 0 Å². The minimum atomic E-state index is -4.35. The summed E-state index contributed by atoms with van der Waals surface area (Å²) >= 11 is 0. The molecule has 2 aliphatic rings. The van der Waals surface area contributed by atoms with Gasteiger partial charge in [0.25, 0.3) is 0 Å². The van der Waals surface area contributed by atoms with Gasteiger partial charge in [0.1, 0.15) is 6.54 Å². The van der Waals surface area contributed by atoms with Gasteiger partial charge in [-0.3, -0.25) is 9.69 Å². The van der Waals surface area contributed by atoms with Gasteiger partial charge < -0.3 is 14.2 Å². The van der Waals surface area contributed by atoms with Gasteiger partial charge in [0.2, 0.25) is 5.91 Å². The SMILES string of the molecule is Cn1cccc1[C@H]1COCCN1[C@H]1CCN(CC(F)(F)F)C1=O. The van der Waals surface area contributed by atoms with Crippen molar-refractivity contribution >= 4 is 5.91 Å². The van der Waals surface area contributed by atoms with E-state index in [1.807, 2.05) is 34.8 Å². The van der Waals surface area contributed by atoms with Crippen molar-refractivity contribution in [2.45, 2.75) is 24.7 Å². The number of halogens is 3. The summed E-state index contributed by atoms with van der Waals surface area (Å²) in [7, 11) is 1.91. The molecule has 23 heavy (non-hydrogen) atoms. The van der Waals surface area contributed by atoms with Gasteiger partial charge in [-0.2, -0.15) is 13.2 Å². The van der Waals surface area contributed by atoms with Crippen molar-refractivity contribution in [3.8, 4) is 0 Å². The molecule has 0 spiro atoms. The summed E-state index contributed by atoms with van der Waals surface area (Å²) in [6, 6.07) is 3.26. The second kappa shape index (κ2) is 6.16. The van der Waals surface area contributed by atoms with Gasteiger partial charge in [0.15, 0.2) is 0 Å². The van der Waals surface area contributed by atoms with Crippen LogP contribution in [0.4, 0.5) is 13.2 Å². The number of hydrogen-bond acceptors (Lipinski definition) is 3. The van der Waals surface area contributed by atoms with Crippen molar-refractivity contribution < 1.29 is 22.7 Å². The van der Waals surface area contributed by atoms with Gasteiger partial charge in [-0.1, -0.05) is 0 Å². The molecule has 1 amide bonds. The van der Waals surface area contributed by atoms with E-state index in [1.54, 1.807) is 0 Å². The fourth-order valence-corrected chi connectivity index (χ4v) is 3.47. The topological polar surface area (TPSA) is 37.7 Å². The van der Waals surface area contributed by atoms with Crippen LogP contribution in [-0.2, 0) is 16.6 Å². The zero-order valence-corrected chi connectivity index (χ0v) is 12.9. The van der Waals surface area contributed by atoms with E-state index >= 15 is 0 Å². The molecule has 1 aromatic rings. The maximum absolute atomic E-state index is 12.6. The molecular formula is C15H20F3N3O2. The fraction of sp³-hybridized carbons (Fsp3) is 0.667. The molecule has 2 atom stereocenters. The number of nitrogens with zero attached hydrogens (tertiary/aromatic N) is 3. The second-order valence-corrected chi connectivity index (χ2v) is 6.05. The van der Waals surface area contributed by atoms with Crippen molar-refractivity contribution in [3.63, 3.8) is 0 Å². The van der Waals surface area contributed by atoms with Gasteiger partial charge in [-0.25, -0.2) is 0 Å². The average molecular weight is 331 g/mol. The van der Waals surface area contributed by atoms with Crippen LogP contribution in [0.25, 0.3) is 0 Å². The molecule has 128 valence electrons. The number of amides is 1. The minimum Gasteiger partial charge on any atom is -0.378 e. The number of hydrogen-bond donors (Lipinski definition) is 0. The molecule has 2 saturated heterocycles. The highest BCUT2D eigenvalue weighted by molar-refractivity contribution is 5.84. The molecule has 3 rings (SSSR count). The van der Waals surface area contributed by atoms with E-state index in [1.165, 1.54) is 0 Å². The Labute approximate surface area is 132 Å². The summed E-state index contributed by atoms with van der Waals surface area (Å²) < 4.78 is 45.2. The van der Waals surface area contributed by atoms with Crippen LogP contribution in [0.15, 0.2) is 18.3 Å². The van der Waals surface area contributed by atoms with Crippen molar-refractivity contribution in [1.82, 2.24) is 14.4 Å². The second-order valence-electron chi connectivity index (χ2n) is 6.05. The third-order valence-corrected chi connectivity index (χ3v) is 4.53. The largest absolute Gasteiger partial charge is 0.406 e. The van der Waals surface area contributed by atoms with E-state index in [2.05, 4.69) is 0 Å². The Hall–Kier alpha value is -1.54. The van der Waals surface area contributed by atoms with Crippen molar-refractivity contribution in [2.75, 3.05) is 32.8 Å². The molecule has 0 saturated carbocycles. The molecule has 2 fully saturated rings. The first-order chi connectivity index (χ1) is 10.9. The normalized spacial score (nSPS) is 27.0. The lowest BCUT2D eigenvalue weighted by atomic mass is 10.1. The summed E-state index contributed by atoms with van der Waals surface area (Å²) in [6.45, 7) is 0.471. The number of aryl methyl sites for hydroxylation is 1. The third kappa shape index (κ3) is 3.37. The Morgan fingerprint density at radius 1 is 1.30 bits per heavy atom. The summed E-state index contributed by atoms with van der Waals surface area (Å²) in [5.74, 6) is -0.427. The highest BCUT2D eigenvalue weighted by Gasteiger charge is 2.44. The first-order valence-corrected chi connectivity index (χ1v) is 7.67. The standard InChI is InChI=1S/C15H20F3N3O2/c1-19-5-2-3-11(19)13-9-23-8-7-21(13)12-4-6-20(14(12)22)10-15(16,17)18/h2-3,5,12-13H,4,6-10H2,1H3/t12-,13+/m0/s1. The Kier molecular flexibility index (Phi) is 4.37. The van der Waals surface area contributed by atoms with Crippen LogP contribution in [0, 0.1) is 0 Å². The fourth-order valence-electron chi connectivity index (χ4n) is 3.47. The molecule has 3 heterocycles. The van der Waals surface area contributed by atoms with Crippen LogP contribution in [0.5, 0.6) is 0 Å². The molecule has 5 nitrogen and oxygen atoms in total. The molecule has 8 heteroatoms. The minimum absolute atomic E-state index is 0.108. The Balaban J connectivity index is 1.77. The molecular weight excluding hydrogens is 311 g/mol. The number of ether oxygens (including phenoxy) is 1. The maximum Gasteiger partial charge on any atom is 0.406 e. The molecule has 2 aliphatic heterocycles. The maximum atomic E-state index is 12.6. The Bertz CT molecular complexity index is 573. The lowest BCUT2D eigenvalue weighted by molar-refractivity contribution is -0.160. The number of likely N-dealkylation sites (tertiary alicyclic amines) is 1. The van der Waals surface area contributed by atoms with E-state index in [4.69, 9.17) is 4.74 Å². The Morgan fingerprint density at radius 3 is 2.74 bits per heavy atom. The van der Waals surface area contributed by atoms with Crippen molar-refractivity contribution in [3.05, 3.63) is 24.0 Å². The number of carbonyl (C=O) groups excluding carboxylic acids is 1. The van der Waals surface area contributed by atoms with Crippen molar-refractivity contribution in [2.24, 2.45) is 7.05 Å². The van der Waals surface area contributed by atoms with E-state index in [-0.39, 0.29) is 12.6 Å². The first-order valence-electron chi connectivity index (χ1n) is 7.67. The van der Waals surface area contributed by atoms with Crippen LogP contribution in [-0.4, -0.2) is 65.3 Å². The molecule has 0 bridgehead atoms. The molecule has 0 radical (unpaired) electrons. The van der Waals surface area contributed by atoms with Gasteiger partial charge in [-0.05, 0) is 18.6 Å². The molecule has 0 aromatic carbocycles. The predicted molar refractivity (Wildman–Crippen MR) is 76.7 cm³/mol. The quantitative estimate of drug-likeness (QED) is 0.844. The molecule has 1 aromatic heterocycles. The summed E-state index contributed by atoms with van der Waals surface area (Å²) in [5, 5.41) is 0. The predicted octanol–water partition coefficient (Wildman–Crippen LogP) is 1.56. The number of morpholine rings is 1. The summed E-state index contributed by atoms with van der Waals surface area (Å²) in [5.41, 5.74) is 1.01. The van der Waals surface area contributed by atoms with E-state index in [9.17, 15) is 18.0 Å². The van der Waals surface area contributed by atoms with E-state index < -0.39 is 24.7 Å². The van der Waals surface area contributed by atoms with E-state index in [0.717, 1.165) is 10.6 Å². The van der Waals surface area contributed by atoms with Gasteiger partial charge in [0, 0.05) is 32.0 Å².